The molecule has 1 aromatic heterocycles. The largest absolute Gasteiger partial charge is 0.497 e. The summed E-state index contributed by atoms with van der Waals surface area (Å²) in [6.07, 6.45) is 1.51. The number of ether oxygens (including phenoxy) is 3. The molecule has 150 valence electrons. The Balaban J connectivity index is 1.54. The van der Waals surface area contributed by atoms with Crippen molar-refractivity contribution in [3.63, 3.8) is 0 Å². The Morgan fingerprint density at radius 3 is 2.69 bits per heavy atom. The van der Waals surface area contributed by atoms with Crippen LogP contribution >= 0.6 is 23.4 Å². The average Bonchev–Trinajstić information content (AvgIpc) is 3.33. The molecule has 9 heteroatoms. The lowest BCUT2D eigenvalue weighted by Crippen LogP contribution is -2.10. The van der Waals surface area contributed by atoms with Crippen molar-refractivity contribution >= 4 is 29.3 Å². The summed E-state index contributed by atoms with van der Waals surface area (Å²) in [5, 5.41) is 10.7. The van der Waals surface area contributed by atoms with E-state index >= 15 is 0 Å². The van der Waals surface area contributed by atoms with Crippen LogP contribution in [0.25, 0.3) is 0 Å². The van der Waals surface area contributed by atoms with E-state index in [1.807, 2.05) is 24.3 Å². The molecule has 0 fully saturated rings. The lowest BCUT2D eigenvalue weighted by Gasteiger charge is -2.09. The second-order valence-electron chi connectivity index (χ2n) is 6.27. The minimum absolute atomic E-state index is 0.122. The van der Waals surface area contributed by atoms with Crippen LogP contribution in [-0.4, -0.2) is 34.5 Å². The van der Waals surface area contributed by atoms with Crippen LogP contribution < -0.4 is 14.2 Å². The number of carbonyl (C=O) groups is 1. The van der Waals surface area contributed by atoms with Gasteiger partial charge in [0.2, 0.25) is 6.79 Å². The molecule has 1 N–H and O–H groups in total. The van der Waals surface area contributed by atoms with Crippen LogP contribution in [0.1, 0.15) is 21.6 Å². The van der Waals surface area contributed by atoms with Gasteiger partial charge in [-0.1, -0.05) is 35.5 Å². The first-order valence-corrected chi connectivity index (χ1v) is 10.0. The number of nitrogens with zero attached hydrogens (tertiary/aromatic N) is 2. The molecule has 7 nitrogen and oxygen atoms in total. The predicted molar refractivity (Wildman–Crippen MR) is 108 cm³/mol. The van der Waals surface area contributed by atoms with E-state index in [9.17, 15) is 9.90 Å². The Morgan fingerprint density at radius 2 is 2.00 bits per heavy atom. The highest BCUT2D eigenvalue weighted by Gasteiger charge is 2.21. The molecule has 3 aromatic rings. The first-order chi connectivity index (χ1) is 14.0. The first-order valence-electron chi connectivity index (χ1n) is 8.67. The van der Waals surface area contributed by atoms with E-state index in [0.717, 1.165) is 16.9 Å². The average molecular weight is 433 g/mol. The van der Waals surface area contributed by atoms with E-state index in [4.69, 9.17) is 25.8 Å². The minimum Gasteiger partial charge on any atom is -0.497 e. The van der Waals surface area contributed by atoms with Gasteiger partial charge in [0.25, 0.3) is 0 Å². The molecule has 0 amide bonds. The van der Waals surface area contributed by atoms with E-state index in [1.54, 1.807) is 23.8 Å². The summed E-state index contributed by atoms with van der Waals surface area (Å²) in [4.78, 5) is 16.2. The van der Waals surface area contributed by atoms with Crippen molar-refractivity contribution in [2.75, 3.05) is 13.9 Å². The van der Waals surface area contributed by atoms with E-state index in [1.165, 1.54) is 18.1 Å². The third-order valence-corrected chi connectivity index (χ3v) is 5.83. The maximum atomic E-state index is 11.9. The predicted octanol–water partition coefficient (Wildman–Crippen LogP) is 4.31. The second kappa shape index (κ2) is 8.26. The molecule has 0 unspecified atom stereocenters. The lowest BCUT2D eigenvalue weighted by molar-refractivity contribution is 0.0681. The summed E-state index contributed by atoms with van der Waals surface area (Å²) in [6.45, 7) is 0.403. The lowest BCUT2D eigenvalue weighted by atomic mass is 10.2. The number of hydrogen-bond donors (Lipinski definition) is 1. The molecule has 1 aliphatic rings. The molecule has 2 heterocycles. The molecule has 0 saturated heterocycles. The van der Waals surface area contributed by atoms with Crippen LogP contribution in [0.2, 0.25) is 5.02 Å². The van der Waals surface area contributed by atoms with Crippen molar-refractivity contribution < 1.29 is 24.1 Å². The molecule has 0 spiro atoms. The van der Waals surface area contributed by atoms with Gasteiger partial charge in [-0.2, -0.15) is 0 Å². The summed E-state index contributed by atoms with van der Waals surface area (Å²) in [6, 6.07) is 11.1. The van der Waals surface area contributed by atoms with Gasteiger partial charge in [-0.05, 0) is 29.3 Å². The quantitative estimate of drug-likeness (QED) is 0.557. The minimum atomic E-state index is -1.04. The number of halogens is 1. The number of imidazole rings is 1. The van der Waals surface area contributed by atoms with Gasteiger partial charge in [0, 0.05) is 16.8 Å². The number of carboxylic acid groups (broad SMARTS) is 1. The first kappa shape index (κ1) is 19.5. The maximum absolute atomic E-state index is 11.9. The number of hydrogen-bond acceptors (Lipinski definition) is 6. The topological polar surface area (TPSA) is 82.8 Å². The highest BCUT2D eigenvalue weighted by molar-refractivity contribution is 7.98. The van der Waals surface area contributed by atoms with Crippen LogP contribution in [0.4, 0.5) is 0 Å². The molecule has 0 bridgehead atoms. The number of thioether (sulfide) groups is 1. The molecule has 0 atom stereocenters. The normalized spacial score (nSPS) is 12.2. The Morgan fingerprint density at radius 1 is 1.28 bits per heavy atom. The van der Waals surface area contributed by atoms with Gasteiger partial charge >= 0.3 is 5.97 Å². The fourth-order valence-electron chi connectivity index (χ4n) is 2.94. The fourth-order valence-corrected chi connectivity index (χ4v) is 4.11. The third-order valence-electron chi connectivity index (χ3n) is 4.42. The summed E-state index contributed by atoms with van der Waals surface area (Å²) >= 11 is 7.70. The van der Waals surface area contributed by atoms with Crippen molar-refractivity contribution in [2.45, 2.75) is 17.3 Å². The number of carboxylic acids is 1. The van der Waals surface area contributed by atoms with Crippen molar-refractivity contribution in [3.05, 3.63) is 64.6 Å². The van der Waals surface area contributed by atoms with Crippen LogP contribution in [-0.2, 0) is 12.3 Å². The van der Waals surface area contributed by atoms with Gasteiger partial charge in [0.05, 0.1) is 20.0 Å². The van der Waals surface area contributed by atoms with Gasteiger partial charge in [0.1, 0.15) is 10.8 Å². The monoisotopic (exact) mass is 432 g/mol. The van der Waals surface area contributed by atoms with Gasteiger partial charge in [0.15, 0.2) is 17.2 Å². The van der Waals surface area contributed by atoms with Crippen LogP contribution in [0.3, 0.4) is 0 Å². The maximum Gasteiger partial charge on any atom is 0.355 e. The Bertz CT molecular complexity index is 1050. The Hall–Kier alpha value is -2.84. The number of methoxy groups -OCH3 is 1. The van der Waals surface area contributed by atoms with Gasteiger partial charge in [-0.3, -0.25) is 0 Å². The van der Waals surface area contributed by atoms with Crippen molar-refractivity contribution in [1.29, 1.82) is 0 Å². The molecular formula is C20H17ClN2O5S. The zero-order valence-electron chi connectivity index (χ0n) is 15.4. The van der Waals surface area contributed by atoms with Crippen LogP contribution in [0.15, 0.2) is 47.8 Å². The number of benzene rings is 2. The summed E-state index contributed by atoms with van der Waals surface area (Å²) in [7, 11) is 1.61. The van der Waals surface area contributed by atoms with Crippen LogP contribution in [0.5, 0.6) is 17.2 Å². The summed E-state index contributed by atoms with van der Waals surface area (Å²) < 4.78 is 17.4. The van der Waals surface area contributed by atoms with Gasteiger partial charge < -0.3 is 23.9 Å². The molecular weight excluding hydrogens is 416 g/mol. The van der Waals surface area contributed by atoms with E-state index in [0.29, 0.717) is 27.3 Å². The zero-order valence-corrected chi connectivity index (χ0v) is 17.0. The van der Waals surface area contributed by atoms with Crippen molar-refractivity contribution in [3.8, 4) is 17.2 Å². The number of rotatable bonds is 7. The Kier molecular flexibility index (Phi) is 5.55. The molecule has 2 aromatic carbocycles. The highest BCUT2D eigenvalue weighted by atomic mass is 35.5. The van der Waals surface area contributed by atoms with Gasteiger partial charge in [-0.15, -0.1) is 0 Å². The number of aromatic nitrogens is 2. The molecule has 0 saturated carbocycles. The SMILES string of the molecule is COc1ccc(CSc2ncn(Cc3cc4c(cc3Cl)OCO4)c2C(=O)O)cc1. The van der Waals surface area contributed by atoms with Crippen molar-refractivity contribution in [1.82, 2.24) is 9.55 Å². The second-order valence-corrected chi connectivity index (χ2v) is 7.64. The summed E-state index contributed by atoms with van der Waals surface area (Å²) in [5.74, 6) is 1.49. The zero-order chi connectivity index (χ0) is 20.4. The number of aromatic carboxylic acids is 1. The molecule has 0 aliphatic carbocycles. The molecule has 29 heavy (non-hydrogen) atoms. The van der Waals surface area contributed by atoms with Crippen LogP contribution in [0, 0.1) is 0 Å². The van der Waals surface area contributed by atoms with E-state index < -0.39 is 5.97 Å². The summed E-state index contributed by atoms with van der Waals surface area (Å²) in [5.41, 5.74) is 1.89. The smallest absolute Gasteiger partial charge is 0.355 e. The van der Waals surface area contributed by atoms with E-state index in [-0.39, 0.29) is 19.0 Å². The molecule has 4 rings (SSSR count). The van der Waals surface area contributed by atoms with Gasteiger partial charge in [-0.25, -0.2) is 9.78 Å². The highest BCUT2D eigenvalue weighted by Crippen LogP contribution is 2.37. The number of fused-ring (bicyclic) bond motifs is 1. The van der Waals surface area contributed by atoms with Crippen molar-refractivity contribution in [2.24, 2.45) is 0 Å². The fraction of sp³-hybridized carbons (Fsp3) is 0.200. The van der Waals surface area contributed by atoms with E-state index in [2.05, 4.69) is 4.98 Å². The third kappa shape index (κ3) is 4.13. The Labute approximate surface area is 176 Å². The molecule has 0 radical (unpaired) electrons. The molecule has 1 aliphatic heterocycles. The standard InChI is InChI=1S/C20H17ClN2O5S/c1-26-14-4-2-12(3-5-14)9-29-19-18(20(24)25)23(10-22-19)8-13-6-16-17(7-15(13)21)28-11-27-16/h2-7,10H,8-9,11H2,1H3,(H,24,25).